The highest BCUT2D eigenvalue weighted by Gasteiger charge is 2.29. The first kappa shape index (κ1) is 14.4. The first-order valence-electron chi connectivity index (χ1n) is 6.68. The molecule has 3 nitrogen and oxygen atoms in total. The van der Waals surface area contributed by atoms with Gasteiger partial charge >= 0.3 is 0 Å². The van der Waals surface area contributed by atoms with Crippen molar-refractivity contribution < 1.29 is 4.79 Å². The molecule has 1 aromatic carbocycles. The van der Waals surface area contributed by atoms with E-state index in [1.807, 2.05) is 25.7 Å². The van der Waals surface area contributed by atoms with Crippen LogP contribution in [0.5, 0.6) is 0 Å². The molecule has 1 aliphatic rings. The molecule has 0 bridgehead atoms. The van der Waals surface area contributed by atoms with Gasteiger partial charge in [-0.1, -0.05) is 36.7 Å². The number of piperazine rings is 1. The van der Waals surface area contributed by atoms with Crippen LogP contribution in [0.2, 0.25) is 0 Å². The summed E-state index contributed by atoms with van der Waals surface area (Å²) in [6, 6.07) is 8.35. The fourth-order valence-corrected chi connectivity index (χ4v) is 2.56. The zero-order chi connectivity index (χ0) is 14.0. The number of carbonyl (C=O) groups is 1. The number of hydrogen-bond acceptors (Lipinski definition) is 2. The van der Waals surface area contributed by atoms with E-state index in [9.17, 15) is 4.79 Å². The molecule has 1 aliphatic heterocycles. The minimum atomic E-state index is -0.278. The van der Waals surface area contributed by atoms with E-state index in [-0.39, 0.29) is 11.3 Å². The van der Waals surface area contributed by atoms with Crippen molar-refractivity contribution >= 4 is 27.5 Å². The molecule has 0 N–H and O–H groups in total. The molecule has 0 aliphatic carbocycles. The molecule has 1 heterocycles. The second kappa shape index (κ2) is 5.53. The fourth-order valence-electron chi connectivity index (χ4n) is 2.29. The van der Waals surface area contributed by atoms with Crippen molar-refractivity contribution in [1.82, 2.24) is 4.90 Å². The lowest BCUT2D eigenvalue weighted by Gasteiger charge is -2.38. The molecule has 0 aromatic heterocycles. The molecule has 104 valence electrons. The number of nitrogens with zero attached hydrogens (tertiary/aromatic N) is 2. The Morgan fingerprint density at radius 2 is 1.58 bits per heavy atom. The van der Waals surface area contributed by atoms with Crippen LogP contribution < -0.4 is 4.90 Å². The Hall–Kier alpha value is -1.03. The monoisotopic (exact) mass is 324 g/mol. The highest BCUT2D eigenvalue weighted by atomic mass is 79.9. The highest BCUT2D eigenvalue weighted by Crippen LogP contribution is 2.22. The molecule has 2 rings (SSSR count). The lowest BCUT2D eigenvalue weighted by Crippen LogP contribution is -2.51. The van der Waals surface area contributed by atoms with Gasteiger partial charge in [-0.2, -0.15) is 0 Å². The van der Waals surface area contributed by atoms with Crippen LogP contribution in [0.15, 0.2) is 28.7 Å². The van der Waals surface area contributed by atoms with Crippen molar-refractivity contribution in [3.05, 3.63) is 28.7 Å². The van der Waals surface area contributed by atoms with E-state index in [1.54, 1.807) is 0 Å². The third-order valence-electron chi connectivity index (χ3n) is 3.40. The lowest BCUT2D eigenvalue weighted by atomic mass is 9.94. The van der Waals surface area contributed by atoms with Gasteiger partial charge in [0.2, 0.25) is 5.91 Å². The molecule has 19 heavy (non-hydrogen) atoms. The molecule has 0 atom stereocenters. The molecule has 4 heteroatoms. The number of carbonyl (C=O) groups excluding carboxylic acids is 1. The maximum absolute atomic E-state index is 12.2. The molecule has 1 aromatic rings. The van der Waals surface area contributed by atoms with Crippen molar-refractivity contribution in [3.8, 4) is 0 Å². The molecule has 1 saturated heterocycles. The normalized spacial score (nSPS) is 16.6. The molecular weight excluding hydrogens is 304 g/mol. The van der Waals surface area contributed by atoms with Gasteiger partial charge in [0.15, 0.2) is 0 Å². The maximum Gasteiger partial charge on any atom is 0.228 e. The van der Waals surface area contributed by atoms with Crippen LogP contribution in [0.25, 0.3) is 0 Å². The third-order valence-corrected chi connectivity index (χ3v) is 3.93. The van der Waals surface area contributed by atoms with Crippen LogP contribution in [-0.2, 0) is 4.79 Å². The van der Waals surface area contributed by atoms with Crippen LogP contribution >= 0.6 is 15.9 Å². The molecule has 0 unspecified atom stereocenters. The number of hydrogen-bond donors (Lipinski definition) is 0. The number of amides is 1. The van der Waals surface area contributed by atoms with E-state index in [2.05, 4.69) is 45.1 Å². The van der Waals surface area contributed by atoms with E-state index in [1.165, 1.54) is 5.69 Å². The Labute approximate surface area is 123 Å². The van der Waals surface area contributed by atoms with E-state index < -0.39 is 0 Å². The summed E-state index contributed by atoms with van der Waals surface area (Å²) in [6.07, 6.45) is 0. The molecule has 1 amide bonds. The number of anilines is 1. The minimum absolute atomic E-state index is 0.253. The zero-order valence-corrected chi connectivity index (χ0v) is 13.4. The summed E-state index contributed by atoms with van der Waals surface area (Å²) in [5, 5.41) is 0. The van der Waals surface area contributed by atoms with Gasteiger partial charge < -0.3 is 9.80 Å². The van der Waals surface area contributed by atoms with Crippen molar-refractivity contribution in [2.75, 3.05) is 31.1 Å². The summed E-state index contributed by atoms with van der Waals surface area (Å²) in [7, 11) is 0. The van der Waals surface area contributed by atoms with Crippen LogP contribution in [0, 0.1) is 5.41 Å². The Balaban J connectivity index is 1.96. The maximum atomic E-state index is 12.2. The molecular formula is C15H21BrN2O. The SMILES string of the molecule is CC(C)(C)C(=O)N1CCN(c2ccc(Br)cc2)CC1. The average Bonchev–Trinajstić information content (AvgIpc) is 2.38. The zero-order valence-electron chi connectivity index (χ0n) is 11.8. The van der Waals surface area contributed by atoms with Gasteiger partial charge in [0.25, 0.3) is 0 Å². The van der Waals surface area contributed by atoms with Crippen molar-refractivity contribution in [2.45, 2.75) is 20.8 Å². The Bertz CT molecular complexity index is 442. The van der Waals surface area contributed by atoms with Crippen LogP contribution in [-0.4, -0.2) is 37.0 Å². The first-order valence-corrected chi connectivity index (χ1v) is 7.47. The quantitative estimate of drug-likeness (QED) is 0.792. The predicted molar refractivity (Wildman–Crippen MR) is 82.4 cm³/mol. The summed E-state index contributed by atoms with van der Waals surface area (Å²) in [4.78, 5) is 16.5. The Kier molecular flexibility index (Phi) is 4.19. The Morgan fingerprint density at radius 3 is 2.05 bits per heavy atom. The van der Waals surface area contributed by atoms with Crippen molar-refractivity contribution in [1.29, 1.82) is 0 Å². The number of benzene rings is 1. The van der Waals surface area contributed by atoms with Gasteiger partial charge in [0, 0.05) is 41.8 Å². The first-order chi connectivity index (χ1) is 8.88. The molecule has 1 fully saturated rings. The van der Waals surface area contributed by atoms with E-state index in [0.29, 0.717) is 0 Å². The molecule has 0 radical (unpaired) electrons. The van der Waals surface area contributed by atoms with Gasteiger partial charge in [0.1, 0.15) is 0 Å². The second-order valence-corrected chi connectivity index (χ2v) is 6.92. The van der Waals surface area contributed by atoms with Gasteiger partial charge in [-0.25, -0.2) is 0 Å². The lowest BCUT2D eigenvalue weighted by molar-refractivity contribution is -0.139. The summed E-state index contributed by atoms with van der Waals surface area (Å²) in [5.41, 5.74) is 0.950. The number of halogens is 1. The largest absolute Gasteiger partial charge is 0.368 e. The minimum Gasteiger partial charge on any atom is -0.368 e. The topological polar surface area (TPSA) is 23.6 Å². The smallest absolute Gasteiger partial charge is 0.228 e. The third kappa shape index (κ3) is 3.50. The predicted octanol–water partition coefficient (Wildman–Crippen LogP) is 3.14. The fraction of sp³-hybridized carbons (Fsp3) is 0.533. The van der Waals surface area contributed by atoms with E-state index >= 15 is 0 Å². The van der Waals surface area contributed by atoms with Crippen LogP contribution in [0.3, 0.4) is 0 Å². The van der Waals surface area contributed by atoms with Crippen molar-refractivity contribution in [3.63, 3.8) is 0 Å². The van der Waals surface area contributed by atoms with Gasteiger partial charge in [-0.3, -0.25) is 4.79 Å². The van der Waals surface area contributed by atoms with Crippen molar-refractivity contribution in [2.24, 2.45) is 5.41 Å². The Morgan fingerprint density at radius 1 is 1.05 bits per heavy atom. The van der Waals surface area contributed by atoms with Crippen LogP contribution in [0.1, 0.15) is 20.8 Å². The van der Waals surface area contributed by atoms with E-state index in [4.69, 9.17) is 0 Å². The van der Waals surface area contributed by atoms with Gasteiger partial charge in [0.05, 0.1) is 0 Å². The summed E-state index contributed by atoms with van der Waals surface area (Å²) >= 11 is 3.45. The average molecular weight is 325 g/mol. The number of rotatable bonds is 1. The summed E-state index contributed by atoms with van der Waals surface area (Å²) in [6.45, 7) is 9.38. The highest BCUT2D eigenvalue weighted by molar-refractivity contribution is 9.10. The van der Waals surface area contributed by atoms with Gasteiger partial charge in [-0.05, 0) is 24.3 Å². The van der Waals surface area contributed by atoms with Gasteiger partial charge in [-0.15, -0.1) is 0 Å². The van der Waals surface area contributed by atoms with Crippen LogP contribution in [0.4, 0.5) is 5.69 Å². The standard InChI is InChI=1S/C15H21BrN2O/c1-15(2,3)14(19)18-10-8-17(9-11-18)13-6-4-12(16)5-7-13/h4-7H,8-11H2,1-3H3. The summed E-state index contributed by atoms with van der Waals surface area (Å²) < 4.78 is 1.10. The molecule has 0 saturated carbocycles. The summed E-state index contributed by atoms with van der Waals surface area (Å²) in [5.74, 6) is 0.253. The second-order valence-electron chi connectivity index (χ2n) is 6.01. The molecule has 0 spiro atoms. The van der Waals surface area contributed by atoms with E-state index in [0.717, 1.165) is 30.7 Å².